The van der Waals surface area contributed by atoms with Crippen LogP contribution in [0.5, 0.6) is 0 Å². The lowest BCUT2D eigenvalue weighted by Crippen LogP contribution is -1.97. The van der Waals surface area contributed by atoms with Crippen molar-refractivity contribution >= 4 is 9.73 Å². The first-order chi connectivity index (χ1) is 10.2. The Morgan fingerprint density at radius 3 is 2.24 bits per heavy atom. The summed E-state index contributed by atoms with van der Waals surface area (Å²) in [5, 5.41) is 1.77. The Hall–Kier alpha value is -1.87. The maximum Gasteiger partial charge on any atom is 0.0969 e. The molecule has 2 aromatic rings. The molecule has 1 unspecified atom stereocenters. The number of nitrogens with zero attached hydrogens (tertiary/aromatic N) is 1. The zero-order valence-corrected chi connectivity index (χ0v) is 13.1. The van der Waals surface area contributed by atoms with E-state index < -0.39 is 9.73 Å². The Labute approximate surface area is 127 Å². The van der Waals surface area contributed by atoms with E-state index in [9.17, 15) is 4.21 Å². The Balaban J connectivity index is 2.34. The summed E-state index contributed by atoms with van der Waals surface area (Å²) in [4.78, 5) is 0.772. The molecule has 0 saturated carbocycles. The Morgan fingerprint density at radius 2 is 1.62 bits per heavy atom. The van der Waals surface area contributed by atoms with Gasteiger partial charge in [0, 0.05) is 5.41 Å². The van der Waals surface area contributed by atoms with Crippen LogP contribution in [0.4, 0.5) is 0 Å². The van der Waals surface area contributed by atoms with E-state index in [1.54, 1.807) is 5.41 Å². The molecule has 0 aliphatic heterocycles. The minimum atomic E-state index is -2.49. The van der Waals surface area contributed by atoms with E-state index in [1.807, 2.05) is 66.7 Å². The average molecular weight is 299 g/mol. The fourth-order valence-corrected chi connectivity index (χ4v) is 3.61. The van der Waals surface area contributed by atoms with Crippen LogP contribution in [0.25, 0.3) is 0 Å². The van der Waals surface area contributed by atoms with Crippen LogP contribution in [-0.4, -0.2) is 4.21 Å². The molecule has 0 radical (unpaired) electrons. The van der Waals surface area contributed by atoms with Crippen LogP contribution in [0.2, 0.25) is 0 Å². The van der Waals surface area contributed by atoms with Gasteiger partial charge in [0.2, 0.25) is 0 Å². The first kappa shape index (κ1) is 15.5. The molecule has 0 bridgehead atoms. The summed E-state index contributed by atoms with van der Waals surface area (Å²) in [6.07, 6.45) is 3.94. The van der Waals surface area contributed by atoms with Crippen LogP contribution in [0.15, 0.2) is 81.4 Å². The van der Waals surface area contributed by atoms with Gasteiger partial charge in [-0.05, 0) is 24.1 Å². The van der Waals surface area contributed by atoms with Gasteiger partial charge in [0.05, 0.1) is 21.2 Å². The van der Waals surface area contributed by atoms with E-state index in [2.05, 4.69) is 11.3 Å². The highest BCUT2D eigenvalue weighted by molar-refractivity contribution is 7.96. The molecule has 0 spiro atoms. The van der Waals surface area contributed by atoms with Gasteiger partial charge in [-0.1, -0.05) is 68.0 Å². The molecule has 21 heavy (non-hydrogen) atoms. The van der Waals surface area contributed by atoms with Crippen LogP contribution < -0.4 is 0 Å². The molecule has 2 aromatic carbocycles. The normalized spacial score (nSPS) is 14.0. The molecule has 0 heterocycles. The standard InChI is InChI=1S/C18H21NOS/c1-2-3-10-15-21(20,18-13-8-5-9-14-18)19-16-17-11-6-4-7-12-17/h4-15H,2-3,16H2,1H3/b15-10+. The lowest BCUT2D eigenvalue weighted by molar-refractivity contribution is 0.680. The van der Waals surface area contributed by atoms with Gasteiger partial charge >= 0.3 is 0 Å². The third-order valence-electron chi connectivity index (χ3n) is 3.10. The number of hydrogen-bond donors (Lipinski definition) is 0. The molecule has 0 aliphatic rings. The lowest BCUT2D eigenvalue weighted by Gasteiger charge is -2.06. The van der Waals surface area contributed by atoms with Crippen LogP contribution in [-0.2, 0) is 16.3 Å². The molecule has 2 nitrogen and oxygen atoms in total. The first-order valence-electron chi connectivity index (χ1n) is 7.23. The second-order valence-corrected chi connectivity index (χ2v) is 6.95. The van der Waals surface area contributed by atoms with Crippen LogP contribution in [0.3, 0.4) is 0 Å². The smallest absolute Gasteiger partial charge is 0.0969 e. The van der Waals surface area contributed by atoms with Crippen molar-refractivity contribution in [1.29, 1.82) is 0 Å². The summed E-state index contributed by atoms with van der Waals surface area (Å²) in [5.74, 6) is 0. The van der Waals surface area contributed by atoms with Crippen molar-refractivity contribution in [1.82, 2.24) is 0 Å². The molecule has 110 valence electrons. The fourth-order valence-electron chi connectivity index (χ4n) is 1.93. The number of benzene rings is 2. The molecule has 3 heteroatoms. The molecule has 2 rings (SSSR count). The summed E-state index contributed by atoms with van der Waals surface area (Å²) >= 11 is 0. The fraction of sp³-hybridized carbons (Fsp3) is 0.222. The number of hydrogen-bond acceptors (Lipinski definition) is 2. The highest BCUT2D eigenvalue weighted by atomic mass is 32.2. The van der Waals surface area contributed by atoms with Gasteiger partial charge < -0.3 is 0 Å². The van der Waals surface area contributed by atoms with Gasteiger partial charge in [-0.3, -0.25) is 0 Å². The summed E-state index contributed by atoms with van der Waals surface area (Å²) in [6, 6.07) is 19.4. The van der Waals surface area contributed by atoms with Gasteiger partial charge in [-0.25, -0.2) is 8.57 Å². The van der Waals surface area contributed by atoms with E-state index in [4.69, 9.17) is 0 Å². The van der Waals surface area contributed by atoms with E-state index >= 15 is 0 Å². The number of unbranched alkanes of at least 4 members (excludes halogenated alkanes) is 1. The molecule has 0 aromatic heterocycles. The Kier molecular flexibility index (Phi) is 5.76. The van der Waals surface area contributed by atoms with Gasteiger partial charge in [-0.15, -0.1) is 0 Å². The van der Waals surface area contributed by atoms with Crippen molar-refractivity contribution in [3.8, 4) is 0 Å². The summed E-state index contributed by atoms with van der Waals surface area (Å²) in [7, 11) is -2.49. The predicted octanol–water partition coefficient (Wildman–Crippen LogP) is 5.03. The van der Waals surface area contributed by atoms with Crippen molar-refractivity contribution in [2.45, 2.75) is 31.2 Å². The van der Waals surface area contributed by atoms with Crippen molar-refractivity contribution in [2.24, 2.45) is 4.36 Å². The highest BCUT2D eigenvalue weighted by Gasteiger charge is 2.07. The molecule has 0 amide bonds. The van der Waals surface area contributed by atoms with Crippen LogP contribution in [0, 0.1) is 0 Å². The van der Waals surface area contributed by atoms with Gasteiger partial charge in [0.25, 0.3) is 0 Å². The second kappa shape index (κ2) is 7.79. The van der Waals surface area contributed by atoms with Gasteiger partial charge in [0.15, 0.2) is 0 Å². The molecule has 0 N–H and O–H groups in total. The first-order valence-corrected chi connectivity index (χ1v) is 8.81. The highest BCUT2D eigenvalue weighted by Crippen LogP contribution is 2.17. The minimum Gasteiger partial charge on any atom is -0.240 e. The maximum atomic E-state index is 13.2. The SMILES string of the molecule is CCC/C=C/S(=O)(=NCc1ccccc1)c1ccccc1. The lowest BCUT2D eigenvalue weighted by atomic mass is 10.2. The molecular formula is C18H21NOS. The topological polar surface area (TPSA) is 29.4 Å². The third kappa shape index (κ3) is 4.57. The largest absolute Gasteiger partial charge is 0.240 e. The van der Waals surface area contributed by atoms with E-state index in [0.717, 1.165) is 23.3 Å². The summed E-state index contributed by atoms with van der Waals surface area (Å²) < 4.78 is 17.7. The Bertz CT molecular complexity index is 684. The van der Waals surface area contributed by atoms with Crippen molar-refractivity contribution in [2.75, 3.05) is 0 Å². The molecule has 1 atom stereocenters. The minimum absolute atomic E-state index is 0.463. The Morgan fingerprint density at radius 1 is 1.00 bits per heavy atom. The van der Waals surface area contributed by atoms with E-state index in [1.165, 1.54) is 0 Å². The van der Waals surface area contributed by atoms with Crippen LogP contribution in [0.1, 0.15) is 25.3 Å². The number of rotatable bonds is 6. The van der Waals surface area contributed by atoms with Crippen molar-refractivity contribution in [3.05, 3.63) is 77.7 Å². The van der Waals surface area contributed by atoms with E-state index in [-0.39, 0.29) is 0 Å². The van der Waals surface area contributed by atoms with Crippen molar-refractivity contribution in [3.63, 3.8) is 0 Å². The van der Waals surface area contributed by atoms with Gasteiger partial charge in [-0.2, -0.15) is 0 Å². The quantitative estimate of drug-likeness (QED) is 0.735. The van der Waals surface area contributed by atoms with E-state index in [0.29, 0.717) is 6.54 Å². The molecule has 0 aliphatic carbocycles. The zero-order chi connectivity index (χ0) is 15.0. The average Bonchev–Trinajstić information content (AvgIpc) is 2.55. The maximum absolute atomic E-state index is 13.2. The number of allylic oxidation sites excluding steroid dienone is 1. The van der Waals surface area contributed by atoms with Crippen molar-refractivity contribution < 1.29 is 4.21 Å². The summed E-state index contributed by atoms with van der Waals surface area (Å²) in [6.45, 7) is 2.57. The molecule has 0 fully saturated rings. The third-order valence-corrected chi connectivity index (χ3v) is 5.12. The second-order valence-electron chi connectivity index (χ2n) is 4.81. The summed E-state index contributed by atoms with van der Waals surface area (Å²) in [5.41, 5.74) is 1.07. The monoisotopic (exact) mass is 299 g/mol. The molecule has 0 saturated heterocycles. The van der Waals surface area contributed by atoms with Crippen LogP contribution >= 0.6 is 0 Å². The van der Waals surface area contributed by atoms with Gasteiger partial charge in [0.1, 0.15) is 0 Å². The zero-order valence-electron chi connectivity index (χ0n) is 12.3. The molecular weight excluding hydrogens is 278 g/mol. The predicted molar refractivity (Wildman–Crippen MR) is 89.5 cm³/mol.